The maximum atomic E-state index is 12.9. The molecule has 2 fully saturated rings. The lowest BCUT2D eigenvalue weighted by molar-refractivity contribution is 0.0793. The SMILES string of the molecule is O=C(c1ccc(Cl)cc1)C1CCN(C(=O)N2CCN(Cc3ccccn3)CC2)CC1. The standard InChI is InChI=1S/C23H27ClN4O2/c24-20-6-4-18(5-7-20)22(29)19-8-11-27(12-9-19)23(30)28-15-13-26(14-16-28)17-21-3-1-2-10-25-21/h1-7,10,19H,8-9,11-17H2. The van der Waals surface area contributed by atoms with E-state index in [2.05, 4.69) is 9.88 Å². The number of hydrogen-bond acceptors (Lipinski definition) is 4. The largest absolute Gasteiger partial charge is 0.325 e. The summed E-state index contributed by atoms with van der Waals surface area (Å²) in [7, 11) is 0. The van der Waals surface area contributed by atoms with Crippen LogP contribution in [0.1, 0.15) is 28.9 Å². The topological polar surface area (TPSA) is 56.8 Å². The highest BCUT2D eigenvalue weighted by atomic mass is 35.5. The number of carbonyl (C=O) groups excluding carboxylic acids is 2. The second-order valence-electron chi connectivity index (χ2n) is 8.00. The van der Waals surface area contributed by atoms with Crippen LogP contribution in [0, 0.1) is 5.92 Å². The van der Waals surface area contributed by atoms with Crippen LogP contribution in [-0.4, -0.2) is 70.8 Å². The number of nitrogens with zero attached hydrogens (tertiary/aromatic N) is 4. The Morgan fingerprint density at radius 3 is 2.20 bits per heavy atom. The van der Waals surface area contributed by atoms with Gasteiger partial charge in [-0.15, -0.1) is 0 Å². The molecule has 2 amide bonds. The van der Waals surface area contributed by atoms with Gasteiger partial charge in [0.15, 0.2) is 5.78 Å². The van der Waals surface area contributed by atoms with E-state index in [0.29, 0.717) is 36.5 Å². The third-order valence-corrected chi connectivity index (χ3v) is 6.27. The highest BCUT2D eigenvalue weighted by Gasteiger charge is 2.31. The number of rotatable bonds is 4. The Morgan fingerprint density at radius 2 is 1.57 bits per heavy atom. The Bertz CT molecular complexity index is 859. The number of benzene rings is 1. The van der Waals surface area contributed by atoms with E-state index in [-0.39, 0.29) is 17.7 Å². The summed E-state index contributed by atoms with van der Waals surface area (Å²) in [6.07, 6.45) is 3.25. The molecule has 0 unspecified atom stereocenters. The number of Topliss-reactive ketones (excluding diaryl/α,β-unsaturated/α-hetero) is 1. The summed E-state index contributed by atoms with van der Waals surface area (Å²) >= 11 is 5.91. The van der Waals surface area contributed by atoms with Gasteiger partial charge in [0.25, 0.3) is 0 Å². The average molecular weight is 427 g/mol. The molecule has 2 aromatic rings. The van der Waals surface area contributed by atoms with Gasteiger partial charge in [0.1, 0.15) is 0 Å². The summed E-state index contributed by atoms with van der Waals surface area (Å²) in [6.45, 7) is 5.27. The third-order valence-electron chi connectivity index (χ3n) is 6.02. The number of amides is 2. The normalized spacial score (nSPS) is 18.4. The molecule has 2 saturated heterocycles. The van der Waals surface area contributed by atoms with E-state index in [1.165, 1.54) is 0 Å². The summed E-state index contributed by atoms with van der Waals surface area (Å²) in [4.78, 5) is 36.2. The van der Waals surface area contributed by atoms with E-state index in [9.17, 15) is 9.59 Å². The van der Waals surface area contributed by atoms with Crippen molar-refractivity contribution in [3.05, 3.63) is 64.9 Å². The summed E-state index contributed by atoms with van der Waals surface area (Å²) < 4.78 is 0. The van der Waals surface area contributed by atoms with E-state index in [1.807, 2.05) is 34.2 Å². The van der Waals surface area contributed by atoms with Gasteiger partial charge >= 0.3 is 6.03 Å². The molecule has 3 heterocycles. The van der Waals surface area contributed by atoms with Gasteiger partial charge in [0, 0.05) is 68.5 Å². The third kappa shape index (κ3) is 4.99. The molecule has 0 radical (unpaired) electrons. The van der Waals surface area contributed by atoms with Gasteiger partial charge in [0.05, 0.1) is 5.69 Å². The molecule has 30 heavy (non-hydrogen) atoms. The van der Waals surface area contributed by atoms with Crippen LogP contribution in [-0.2, 0) is 6.54 Å². The lowest BCUT2D eigenvalue weighted by Gasteiger charge is -2.39. The molecule has 0 atom stereocenters. The number of carbonyl (C=O) groups is 2. The number of halogens is 1. The van der Waals surface area contributed by atoms with Crippen molar-refractivity contribution in [2.45, 2.75) is 19.4 Å². The van der Waals surface area contributed by atoms with Gasteiger partial charge in [0.2, 0.25) is 0 Å². The summed E-state index contributed by atoms with van der Waals surface area (Å²) in [5, 5.41) is 0.632. The number of aromatic nitrogens is 1. The van der Waals surface area contributed by atoms with Gasteiger partial charge in [-0.05, 0) is 49.2 Å². The molecule has 2 aliphatic heterocycles. The first-order valence-electron chi connectivity index (χ1n) is 10.6. The van der Waals surface area contributed by atoms with E-state index in [0.717, 1.165) is 38.4 Å². The van der Waals surface area contributed by atoms with Crippen molar-refractivity contribution >= 4 is 23.4 Å². The Kier molecular flexibility index (Phi) is 6.65. The van der Waals surface area contributed by atoms with Crippen molar-refractivity contribution in [2.75, 3.05) is 39.3 Å². The summed E-state index contributed by atoms with van der Waals surface area (Å²) in [5.74, 6) is 0.132. The number of piperazine rings is 1. The van der Waals surface area contributed by atoms with E-state index < -0.39 is 0 Å². The van der Waals surface area contributed by atoms with E-state index >= 15 is 0 Å². The molecule has 0 spiro atoms. The van der Waals surface area contributed by atoms with E-state index in [4.69, 9.17) is 11.6 Å². The van der Waals surface area contributed by atoms with E-state index in [1.54, 1.807) is 24.3 Å². The maximum absolute atomic E-state index is 12.9. The first kappa shape index (κ1) is 20.8. The first-order valence-corrected chi connectivity index (χ1v) is 10.9. The second kappa shape index (κ2) is 9.58. The van der Waals surface area contributed by atoms with Crippen LogP contribution in [0.4, 0.5) is 4.79 Å². The average Bonchev–Trinajstić information content (AvgIpc) is 2.80. The monoisotopic (exact) mass is 426 g/mol. The number of pyridine rings is 1. The van der Waals surface area contributed by atoms with Crippen LogP contribution in [0.2, 0.25) is 5.02 Å². The van der Waals surface area contributed by atoms with Crippen molar-refractivity contribution in [3.8, 4) is 0 Å². The lowest BCUT2D eigenvalue weighted by atomic mass is 9.89. The molecular formula is C23H27ClN4O2. The Morgan fingerprint density at radius 1 is 0.900 bits per heavy atom. The first-order chi connectivity index (χ1) is 14.6. The number of hydrogen-bond donors (Lipinski definition) is 0. The van der Waals surface area contributed by atoms with Crippen molar-refractivity contribution in [1.82, 2.24) is 19.7 Å². The number of ketones is 1. The fraction of sp³-hybridized carbons (Fsp3) is 0.435. The van der Waals surface area contributed by atoms with Crippen LogP contribution >= 0.6 is 11.6 Å². The molecule has 158 valence electrons. The lowest BCUT2D eigenvalue weighted by Crippen LogP contribution is -2.54. The zero-order valence-electron chi connectivity index (χ0n) is 17.0. The van der Waals surface area contributed by atoms with Crippen LogP contribution in [0.15, 0.2) is 48.7 Å². The summed E-state index contributed by atoms with van der Waals surface area (Å²) in [6, 6.07) is 13.1. The van der Waals surface area contributed by atoms with Gasteiger partial charge in [-0.3, -0.25) is 14.7 Å². The van der Waals surface area contributed by atoms with Gasteiger partial charge in [-0.25, -0.2) is 4.79 Å². The molecule has 4 rings (SSSR count). The molecular weight excluding hydrogens is 400 g/mol. The quantitative estimate of drug-likeness (QED) is 0.701. The fourth-order valence-corrected chi connectivity index (χ4v) is 4.33. The molecule has 6 nitrogen and oxygen atoms in total. The predicted octanol–water partition coefficient (Wildman–Crippen LogP) is 3.57. The molecule has 1 aromatic heterocycles. The smallest absolute Gasteiger partial charge is 0.320 e. The predicted molar refractivity (Wildman–Crippen MR) is 117 cm³/mol. The van der Waals surface area contributed by atoms with Gasteiger partial charge < -0.3 is 9.80 Å². The number of likely N-dealkylation sites (tertiary alicyclic amines) is 1. The van der Waals surface area contributed by atoms with Gasteiger partial charge in [-0.1, -0.05) is 17.7 Å². The zero-order chi connectivity index (χ0) is 20.9. The van der Waals surface area contributed by atoms with Crippen LogP contribution in [0.25, 0.3) is 0 Å². The second-order valence-corrected chi connectivity index (χ2v) is 8.44. The minimum atomic E-state index is -0.0227. The Hall–Kier alpha value is -2.44. The zero-order valence-corrected chi connectivity index (χ0v) is 17.8. The molecule has 1 aromatic carbocycles. The van der Waals surface area contributed by atoms with Crippen molar-refractivity contribution in [1.29, 1.82) is 0 Å². The van der Waals surface area contributed by atoms with Crippen LogP contribution < -0.4 is 0 Å². The minimum Gasteiger partial charge on any atom is -0.325 e. The summed E-state index contributed by atoms with van der Waals surface area (Å²) in [5.41, 5.74) is 1.76. The molecule has 7 heteroatoms. The molecule has 0 N–H and O–H groups in total. The molecule has 0 aliphatic carbocycles. The Balaban J connectivity index is 1.24. The number of urea groups is 1. The van der Waals surface area contributed by atoms with Crippen LogP contribution in [0.5, 0.6) is 0 Å². The maximum Gasteiger partial charge on any atom is 0.320 e. The van der Waals surface area contributed by atoms with Crippen molar-refractivity contribution < 1.29 is 9.59 Å². The van der Waals surface area contributed by atoms with Crippen molar-refractivity contribution in [2.24, 2.45) is 5.92 Å². The highest BCUT2D eigenvalue weighted by Crippen LogP contribution is 2.24. The fourth-order valence-electron chi connectivity index (χ4n) is 4.20. The highest BCUT2D eigenvalue weighted by molar-refractivity contribution is 6.30. The Labute approximate surface area is 182 Å². The van der Waals surface area contributed by atoms with Crippen LogP contribution in [0.3, 0.4) is 0 Å². The molecule has 0 bridgehead atoms. The van der Waals surface area contributed by atoms with Crippen molar-refractivity contribution in [3.63, 3.8) is 0 Å². The number of piperidine rings is 1. The minimum absolute atomic E-state index is 0.0227. The molecule has 0 saturated carbocycles. The molecule has 2 aliphatic rings. The van der Waals surface area contributed by atoms with Gasteiger partial charge in [-0.2, -0.15) is 0 Å².